The molecule has 1 N–H and O–H groups in total. The minimum atomic E-state index is -0.869. The molecule has 0 radical (unpaired) electrons. The summed E-state index contributed by atoms with van der Waals surface area (Å²) < 4.78 is 12.4. The summed E-state index contributed by atoms with van der Waals surface area (Å²) in [7, 11) is 0. The first-order valence-corrected chi connectivity index (χ1v) is 13.1. The minimum Gasteiger partial charge on any atom is -0.491 e. The number of thiazole rings is 1. The van der Waals surface area contributed by atoms with E-state index in [2.05, 4.69) is 9.80 Å². The van der Waals surface area contributed by atoms with Crippen molar-refractivity contribution in [3.63, 3.8) is 0 Å². The van der Waals surface area contributed by atoms with Crippen LogP contribution in [-0.2, 0) is 11.3 Å². The number of carboxylic acid groups (broad SMARTS) is 1. The molecule has 36 heavy (non-hydrogen) atoms. The molecule has 0 saturated carbocycles. The van der Waals surface area contributed by atoms with Crippen LogP contribution in [0.1, 0.15) is 26.1 Å². The molecule has 5 rings (SSSR count). The van der Waals surface area contributed by atoms with Crippen molar-refractivity contribution in [1.82, 2.24) is 29.7 Å². The van der Waals surface area contributed by atoms with Crippen LogP contribution < -0.4 is 9.64 Å². The second-order valence-electron chi connectivity index (χ2n) is 9.19. The number of hydrogen-bond acceptors (Lipinski definition) is 10. The summed E-state index contributed by atoms with van der Waals surface area (Å²) in [4.78, 5) is 36.4. The van der Waals surface area contributed by atoms with Crippen LogP contribution in [0.4, 0.5) is 10.7 Å². The van der Waals surface area contributed by atoms with E-state index in [9.17, 15) is 9.90 Å². The van der Waals surface area contributed by atoms with Crippen molar-refractivity contribution >= 4 is 33.6 Å². The van der Waals surface area contributed by atoms with Crippen LogP contribution in [0.2, 0.25) is 0 Å². The van der Waals surface area contributed by atoms with E-state index in [1.165, 1.54) is 4.90 Å². The summed E-state index contributed by atoms with van der Waals surface area (Å²) in [5.74, 6) is 2.63. The van der Waals surface area contributed by atoms with Gasteiger partial charge in [0.1, 0.15) is 11.6 Å². The molecule has 4 heterocycles. The highest BCUT2D eigenvalue weighted by atomic mass is 32.1. The number of amides is 1. The van der Waals surface area contributed by atoms with Crippen LogP contribution >= 0.6 is 11.3 Å². The molecule has 1 amide bonds. The molecule has 0 atom stereocenters. The van der Waals surface area contributed by atoms with Gasteiger partial charge in [0.2, 0.25) is 5.95 Å². The van der Waals surface area contributed by atoms with Gasteiger partial charge in [-0.1, -0.05) is 0 Å². The van der Waals surface area contributed by atoms with Gasteiger partial charge in [0.25, 0.3) is 0 Å². The van der Waals surface area contributed by atoms with E-state index in [1.54, 1.807) is 11.3 Å². The molecule has 11 nitrogen and oxygen atoms in total. The zero-order chi connectivity index (χ0) is 25.1. The third-order valence-electron chi connectivity index (χ3n) is 6.11. The van der Waals surface area contributed by atoms with Gasteiger partial charge in [0.15, 0.2) is 10.8 Å². The van der Waals surface area contributed by atoms with Crippen molar-refractivity contribution in [2.75, 3.05) is 57.4 Å². The number of rotatable bonds is 6. The molecule has 0 unspecified atom stereocenters. The minimum absolute atomic E-state index is 0.0873. The number of carbonyl (C=O) groups is 1. The Hall–Kier alpha value is -3.09. The van der Waals surface area contributed by atoms with Crippen molar-refractivity contribution in [2.45, 2.75) is 32.9 Å². The average molecular weight is 514 g/mol. The van der Waals surface area contributed by atoms with Crippen LogP contribution in [0.3, 0.4) is 0 Å². The SMILES string of the molecule is CC(C)Oc1ccc2sc(-c3nc(CN4CCCN(C(=O)O)CC4)nc(N4CCOCC4)n3)nc2c1. The Kier molecular flexibility index (Phi) is 7.44. The fraction of sp³-hybridized carbons (Fsp3) is 0.542. The normalized spacial score (nSPS) is 17.5. The Morgan fingerprint density at radius 1 is 1.08 bits per heavy atom. The standard InChI is InChI=1S/C24H31N7O4S/c1-16(2)35-17-4-5-19-18(14-17)25-22(36-19)21-26-20(27-23(28-21)30-10-12-34-13-11-30)15-29-6-3-7-31(9-8-29)24(32)33/h4-5,14,16H,3,6-13,15H2,1-2H3,(H,32,33). The van der Waals surface area contributed by atoms with Gasteiger partial charge >= 0.3 is 6.09 Å². The summed E-state index contributed by atoms with van der Waals surface area (Å²) in [5.41, 5.74) is 0.851. The second kappa shape index (κ2) is 10.9. The number of morpholine rings is 1. The van der Waals surface area contributed by atoms with Gasteiger partial charge in [-0.15, -0.1) is 11.3 Å². The van der Waals surface area contributed by atoms with Gasteiger partial charge in [-0.3, -0.25) is 4.90 Å². The zero-order valence-corrected chi connectivity index (χ0v) is 21.4. The topological polar surface area (TPSA) is 117 Å². The first kappa shape index (κ1) is 24.6. The Labute approximate surface area is 213 Å². The van der Waals surface area contributed by atoms with Crippen LogP contribution in [0.15, 0.2) is 18.2 Å². The lowest BCUT2D eigenvalue weighted by Gasteiger charge is -2.27. The Morgan fingerprint density at radius 2 is 1.92 bits per heavy atom. The molecular formula is C24H31N7O4S. The number of anilines is 1. The molecule has 0 bridgehead atoms. The molecule has 2 saturated heterocycles. The second-order valence-corrected chi connectivity index (χ2v) is 10.2. The van der Waals surface area contributed by atoms with Crippen LogP contribution in [0, 0.1) is 0 Å². The highest BCUT2D eigenvalue weighted by molar-refractivity contribution is 7.21. The van der Waals surface area contributed by atoms with E-state index in [0.717, 1.165) is 47.0 Å². The van der Waals surface area contributed by atoms with Gasteiger partial charge in [-0.2, -0.15) is 9.97 Å². The summed E-state index contributed by atoms with van der Waals surface area (Å²) in [6.45, 7) is 9.67. The Morgan fingerprint density at radius 3 is 2.69 bits per heavy atom. The maximum absolute atomic E-state index is 11.4. The third kappa shape index (κ3) is 5.82. The van der Waals surface area contributed by atoms with E-state index in [1.807, 2.05) is 32.0 Å². The Balaban J connectivity index is 1.44. The number of hydrogen-bond donors (Lipinski definition) is 1. The molecule has 2 fully saturated rings. The number of fused-ring (bicyclic) bond motifs is 1. The molecule has 2 aromatic heterocycles. The van der Waals surface area contributed by atoms with Gasteiger partial charge < -0.3 is 24.4 Å². The highest BCUT2D eigenvalue weighted by Crippen LogP contribution is 2.31. The van der Waals surface area contributed by atoms with Crippen LogP contribution in [0.25, 0.3) is 21.0 Å². The van der Waals surface area contributed by atoms with Crippen molar-refractivity contribution in [2.24, 2.45) is 0 Å². The maximum Gasteiger partial charge on any atom is 0.407 e. The van der Waals surface area contributed by atoms with E-state index >= 15 is 0 Å². The molecule has 192 valence electrons. The smallest absolute Gasteiger partial charge is 0.407 e. The lowest BCUT2D eigenvalue weighted by molar-refractivity contribution is 0.122. The maximum atomic E-state index is 11.4. The summed E-state index contributed by atoms with van der Waals surface area (Å²) >= 11 is 1.55. The van der Waals surface area contributed by atoms with E-state index in [0.29, 0.717) is 57.0 Å². The van der Waals surface area contributed by atoms with E-state index < -0.39 is 6.09 Å². The first-order valence-electron chi connectivity index (χ1n) is 12.3. The molecule has 3 aromatic rings. The Bertz CT molecular complexity index is 1210. The predicted molar refractivity (Wildman–Crippen MR) is 137 cm³/mol. The summed E-state index contributed by atoms with van der Waals surface area (Å²) in [5, 5.41) is 10.1. The summed E-state index contributed by atoms with van der Waals surface area (Å²) in [6.07, 6.45) is -0.00450. The number of benzene rings is 1. The zero-order valence-electron chi connectivity index (χ0n) is 20.6. The molecule has 0 spiro atoms. The fourth-order valence-electron chi connectivity index (χ4n) is 4.35. The van der Waals surface area contributed by atoms with Crippen molar-refractivity contribution < 1.29 is 19.4 Å². The summed E-state index contributed by atoms with van der Waals surface area (Å²) in [6, 6.07) is 5.93. The van der Waals surface area contributed by atoms with Gasteiger partial charge in [0, 0.05) is 45.3 Å². The van der Waals surface area contributed by atoms with Crippen molar-refractivity contribution in [3.8, 4) is 16.6 Å². The lowest BCUT2D eigenvalue weighted by Crippen LogP contribution is -2.38. The van der Waals surface area contributed by atoms with Crippen LogP contribution in [-0.4, -0.2) is 99.5 Å². The molecule has 1 aromatic carbocycles. The largest absolute Gasteiger partial charge is 0.491 e. The van der Waals surface area contributed by atoms with Crippen LogP contribution in [0.5, 0.6) is 5.75 Å². The number of ether oxygens (including phenoxy) is 2. The fourth-order valence-corrected chi connectivity index (χ4v) is 5.23. The monoisotopic (exact) mass is 513 g/mol. The first-order chi connectivity index (χ1) is 17.4. The van der Waals surface area contributed by atoms with Gasteiger partial charge in [0.05, 0.1) is 36.1 Å². The van der Waals surface area contributed by atoms with Gasteiger partial charge in [-0.25, -0.2) is 14.8 Å². The van der Waals surface area contributed by atoms with Gasteiger partial charge in [-0.05, 0) is 32.4 Å². The predicted octanol–water partition coefficient (Wildman–Crippen LogP) is 2.96. The molecule has 0 aliphatic carbocycles. The molecule has 2 aliphatic rings. The molecular weight excluding hydrogens is 482 g/mol. The van der Waals surface area contributed by atoms with E-state index in [4.69, 9.17) is 29.4 Å². The molecule has 2 aliphatic heterocycles. The number of nitrogens with zero attached hydrogens (tertiary/aromatic N) is 7. The average Bonchev–Trinajstić information content (AvgIpc) is 3.15. The quantitative estimate of drug-likeness (QED) is 0.527. The van der Waals surface area contributed by atoms with Crippen molar-refractivity contribution in [3.05, 3.63) is 24.0 Å². The number of aromatic nitrogens is 4. The molecule has 12 heteroatoms. The lowest BCUT2D eigenvalue weighted by atomic mass is 10.3. The van der Waals surface area contributed by atoms with E-state index in [-0.39, 0.29) is 6.10 Å². The third-order valence-corrected chi connectivity index (χ3v) is 7.14. The van der Waals surface area contributed by atoms with Crippen molar-refractivity contribution in [1.29, 1.82) is 0 Å². The highest BCUT2D eigenvalue weighted by Gasteiger charge is 2.22.